The van der Waals surface area contributed by atoms with Crippen molar-refractivity contribution in [1.82, 2.24) is 4.48 Å². The van der Waals surface area contributed by atoms with Gasteiger partial charge in [-0.2, -0.15) is 0 Å². The Balaban J connectivity index is 0.00000163. The SMILES string of the molecule is C=C/C=C\C(=C/C)Cc1c(C)c(C(=C)C)n(B(C)C)c1C.O=CO. The highest BCUT2D eigenvalue weighted by atomic mass is 16.3. The van der Waals surface area contributed by atoms with E-state index in [4.69, 9.17) is 9.90 Å². The van der Waals surface area contributed by atoms with Crippen molar-refractivity contribution in [3.05, 3.63) is 65.5 Å². The first-order valence-electron chi connectivity index (χ1n) is 8.14. The number of hydrogen-bond donors (Lipinski definition) is 1. The second-order valence-electron chi connectivity index (χ2n) is 6.02. The Morgan fingerprint density at radius 1 is 1.33 bits per heavy atom. The van der Waals surface area contributed by atoms with E-state index in [-0.39, 0.29) is 6.47 Å². The summed E-state index contributed by atoms with van der Waals surface area (Å²) in [4.78, 5) is 8.36. The molecule has 0 aromatic carbocycles. The van der Waals surface area contributed by atoms with Crippen LogP contribution in [0.4, 0.5) is 0 Å². The molecule has 4 heteroatoms. The molecule has 24 heavy (non-hydrogen) atoms. The number of aromatic nitrogens is 1. The molecule has 1 aromatic rings. The summed E-state index contributed by atoms with van der Waals surface area (Å²) >= 11 is 0. The molecular formula is C20H30BNO2. The summed E-state index contributed by atoms with van der Waals surface area (Å²) in [5.74, 6) is 0. The Morgan fingerprint density at radius 3 is 2.21 bits per heavy atom. The van der Waals surface area contributed by atoms with E-state index in [0.29, 0.717) is 6.85 Å². The van der Waals surface area contributed by atoms with Gasteiger partial charge in [-0.05, 0) is 56.4 Å². The Labute approximate surface area is 147 Å². The Kier molecular flexibility index (Phi) is 9.55. The fraction of sp³-hybridized carbons (Fsp3) is 0.350. The van der Waals surface area contributed by atoms with Gasteiger partial charge in [0.2, 0.25) is 0 Å². The molecule has 130 valence electrons. The molecule has 0 saturated heterocycles. The number of carbonyl (C=O) groups is 1. The molecule has 0 radical (unpaired) electrons. The summed E-state index contributed by atoms with van der Waals surface area (Å²) in [5.41, 5.74) is 7.88. The Bertz CT molecular complexity index is 649. The van der Waals surface area contributed by atoms with E-state index in [1.807, 2.05) is 12.2 Å². The topological polar surface area (TPSA) is 42.2 Å². The van der Waals surface area contributed by atoms with E-state index < -0.39 is 0 Å². The second kappa shape index (κ2) is 10.5. The van der Waals surface area contributed by atoms with Crippen LogP contribution in [-0.4, -0.2) is 22.9 Å². The lowest BCUT2D eigenvalue weighted by molar-refractivity contribution is -0.122. The van der Waals surface area contributed by atoms with Gasteiger partial charge in [0.25, 0.3) is 13.3 Å². The van der Waals surface area contributed by atoms with Gasteiger partial charge in [0.15, 0.2) is 0 Å². The standard InChI is InChI=1S/C19H28BN.CH2O2/c1-9-11-12-17(10-2)13-18-15(5)19(14(3)4)21(16(18)6)20(7)8;2-1-3/h9-12H,1,3,13H2,2,4-8H3;1H,(H,2,3)/b12-11-,17-10+;. The number of carboxylic acid groups (broad SMARTS) is 1. The molecule has 3 nitrogen and oxygen atoms in total. The molecule has 1 aromatic heterocycles. The van der Waals surface area contributed by atoms with Crippen LogP contribution in [0, 0.1) is 13.8 Å². The van der Waals surface area contributed by atoms with Gasteiger partial charge in [-0.1, -0.05) is 51.1 Å². The number of nitrogens with zero attached hydrogens (tertiary/aromatic N) is 1. The quantitative estimate of drug-likeness (QED) is 0.445. The normalized spacial score (nSPS) is 11.0. The lowest BCUT2D eigenvalue weighted by Gasteiger charge is -2.14. The van der Waals surface area contributed by atoms with Crippen LogP contribution in [0.5, 0.6) is 0 Å². The fourth-order valence-electron chi connectivity index (χ4n) is 2.99. The molecule has 0 atom stereocenters. The van der Waals surface area contributed by atoms with Crippen molar-refractivity contribution in [3.8, 4) is 0 Å². The van der Waals surface area contributed by atoms with Crippen molar-refractivity contribution in [1.29, 1.82) is 0 Å². The predicted octanol–water partition coefficient (Wildman–Crippen LogP) is 5.17. The van der Waals surface area contributed by atoms with Crippen molar-refractivity contribution in [2.75, 3.05) is 0 Å². The van der Waals surface area contributed by atoms with E-state index >= 15 is 0 Å². The van der Waals surface area contributed by atoms with Crippen molar-refractivity contribution >= 4 is 18.9 Å². The molecular weight excluding hydrogens is 297 g/mol. The van der Waals surface area contributed by atoms with E-state index in [9.17, 15) is 0 Å². The summed E-state index contributed by atoms with van der Waals surface area (Å²) in [6.07, 6.45) is 9.09. The number of hydrogen-bond acceptors (Lipinski definition) is 1. The van der Waals surface area contributed by atoms with Crippen LogP contribution >= 0.6 is 0 Å². The van der Waals surface area contributed by atoms with Gasteiger partial charge in [0, 0.05) is 11.4 Å². The Hall–Kier alpha value is -2.23. The van der Waals surface area contributed by atoms with E-state index in [2.05, 4.69) is 71.1 Å². The highest BCUT2D eigenvalue weighted by Gasteiger charge is 2.20. The van der Waals surface area contributed by atoms with Gasteiger partial charge in [-0.3, -0.25) is 4.79 Å². The molecule has 0 unspecified atom stereocenters. The summed E-state index contributed by atoms with van der Waals surface area (Å²) in [6, 6.07) is 0. The fourth-order valence-corrected chi connectivity index (χ4v) is 2.99. The average Bonchev–Trinajstić information content (AvgIpc) is 2.76. The third-order valence-electron chi connectivity index (χ3n) is 3.97. The first-order valence-corrected chi connectivity index (χ1v) is 8.14. The lowest BCUT2D eigenvalue weighted by Crippen LogP contribution is -2.19. The van der Waals surface area contributed by atoms with Crippen LogP contribution in [0.3, 0.4) is 0 Å². The van der Waals surface area contributed by atoms with Crippen LogP contribution in [0.25, 0.3) is 5.57 Å². The molecule has 0 saturated carbocycles. The van der Waals surface area contributed by atoms with E-state index in [1.165, 1.54) is 28.1 Å². The van der Waals surface area contributed by atoms with Crippen molar-refractivity contribution < 1.29 is 9.90 Å². The molecule has 1 N–H and O–H groups in total. The van der Waals surface area contributed by atoms with Gasteiger partial charge in [-0.25, -0.2) is 0 Å². The van der Waals surface area contributed by atoms with Gasteiger partial charge >= 0.3 is 0 Å². The predicted molar refractivity (Wildman–Crippen MR) is 107 cm³/mol. The summed E-state index contributed by atoms with van der Waals surface area (Å²) < 4.78 is 2.41. The monoisotopic (exact) mass is 327 g/mol. The van der Waals surface area contributed by atoms with E-state index in [1.54, 1.807) is 0 Å². The van der Waals surface area contributed by atoms with Gasteiger partial charge in [0.05, 0.1) is 0 Å². The molecule has 0 aliphatic rings. The zero-order chi connectivity index (χ0) is 18.9. The highest BCUT2D eigenvalue weighted by molar-refractivity contribution is 6.54. The molecule has 1 rings (SSSR count). The first kappa shape index (κ1) is 21.8. The maximum Gasteiger partial charge on any atom is 0.290 e. The molecule has 1 heterocycles. The highest BCUT2D eigenvalue weighted by Crippen LogP contribution is 2.29. The molecule has 0 aliphatic heterocycles. The van der Waals surface area contributed by atoms with Crippen molar-refractivity contribution in [2.45, 2.75) is 47.8 Å². The smallest absolute Gasteiger partial charge is 0.290 e. The zero-order valence-corrected chi connectivity index (χ0v) is 15.9. The van der Waals surface area contributed by atoms with Crippen LogP contribution < -0.4 is 0 Å². The number of allylic oxidation sites excluding steroid dienone is 6. The minimum absolute atomic E-state index is 0.250. The van der Waals surface area contributed by atoms with Crippen LogP contribution in [-0.2, 0) is 11.2 Å². The minimum atomic E-state index is -0.250. The number of rotatable bonds is 6. The van der Waals surface area contributed by atoms with Crippen molar-refractivity contribution in [3.63, 3.8) is 0 Å². The molecule has 0 amide bonds. The maximum atomic E-state index is 8.36. The van der Waals surface area contributed by atoms with Crippen molar-refractivity contribution in [2.24, 2.45) is 0 Å². The van der Waals surface area contributed by atoms with Gasteiger partial charge < -0.3 is 9.58 Å². The zero-order valence-electron chi connectivity index (χ0n) is 15.9. The maximum absolute atomic E-state index is 8.36. The first-order chi connectivity index (χ1) is 11.3. The average molecular weight is 327 g/mol. The summed E-state index contributed by atoms with van der Waals surface area (Å²) in [7, 11) is 0. The molecule has 0 fully saturated rings. The molecule has 0 aliphatic carbocycles. The third-order valence-corrected chi connectivity index (χ3v) is 3.97. The van der Waals surface area contributed by atoms with Gasteiger partial charge in [-0.15, -0.1) is 0 Å². The largest absolute Gasteiger partial charge is 0.483 e. The van der Waals surface area contributed by atoms with E-state index in [0.717, 1.165) is 12.0 Å². The Morgan fingerprint density at radius 2 is 1.88 bits per heavy atom. The second-order valence-corrected chi connectivity index (χ2v) is 6.02. The molecule has 0 bridgehead atoms. The van der Waals surface area contributed by atoms with Crippen LogP contribution in [0.15, 0.2) is 43.0 Å². The summed E-state index contributed by atoms with van der Waals surface area (Å²) in [5, 5.41) is 6.89. The van der Waals surface area contributed by atoms with Crippen LogP contribution in [0.1, 0.15) is 36.4 Å². The lowest BCUT2D eigenvalue weighted by atomic mass is 9.67. The minimum Gasteiger partial charge on any atom is -0.483 e. The summed E-state index contributed by atoms with van der Waals surface area (Å²) in [6.45, 7) is 21.2. The van der Waals surface area contributed by atoms with Crippen LogP contribution in [0.2, 0.25) is 13.6 Å². The molecule has 0 spiro atoms. The third kappa shape index (κ3) is 5.45. The van der Waals surface area contributed by atoms with Gasteiger partial charge in [0.1, 0.15) is 0 Å².